The van der Waals surface area contributed by atoms with Gasteiger partial charge in [-0.25, -0.2) is 0 Å². The third kappa shape index (κ3) is 11.3. The molecule has 10 rings (SSSR count). The maximum absolute atomic E-state index is 14.5. The summed E-state index contributed by atoms with van der Waals surface area (Å²) in [6.45, 7) is 0.734. The standard InChI is InChI=1S/C57H57NO14/c1-62-41-26-28-42(29-27-41)64-30-31-65-57-52(51(67-34-39-20-10-4-11-21-39)50(66-33-38-18-8-3-9-19-38)45(70-57)35-63-32-37-16-6-2-7-17-37)72-56-47(58-53(60)43-24-14-15-25-44(43)54(58)61)48(59)49-46(69-56)36-68-55(71-49)40-22-12-5-13-23-40/h2-29,45-52,55-57,59H,30-36H2,1H3/t45-,46-,47-,48-,49-,50+,51+,52-,55?,56+,57-/m1/s1. The number of hydrogen-bond acceptors (Lipinski definition) is 14. The van der Waals surface area contributed by atoms with Crippen LogP contribution in [0.2, 0.25) is 0 Å². The van der Waals surface area contributed by atoms with Crippen LogP contribution in [0.5, 0.6) is 11.5 Å². The number of rotatable bonds is 20. The third-order valence-electron chi connectivity index (χ3n) is 13.1. The van der Waals surface area contributed by atoms with E-state index in [1.807, 2.05) is 121 Å². The summed E-state index contributed by atoms with van der Waals surface area (Å²) in [4.78, 5) is 29.9. The Hall–Kier alpha value is -6.34. The number of carbonyl (C=O) groups excluding carboxylic acids is 2. The minimum atomic E-state index is -1.53. The molecule has 6 aromatic rings. The SMILES string of the molecule is COc1ccc(OCCO[C@@H]2O[C@H](COCc3ccccc3)[C@H](OCc3ccccc3)[C@H](OCc3ccccc3)[C@H]2O[C@@H]2O[C@@H]3COC(c4ccccc4)O[C@H]3[C@H](O)[C@H]2N2C(=O)c3ccccc3C2=O)cc1. The first-order valence-corrected chi connectivity index (χ1v) is 24.2. The summed E-state index contributed by atoms with van der Waals surface area (Å²) in [7, 11) is 1.60. The molecule has 6 aromatic carbocycles. The van der Waals surface area contributed by atoms with Crippen molar-refractivity contribution in [3.8, 4) is 11.5 Å². The van der Waals surface area contributed by atoms with Gasteiger partial charge in [-0.05, 0) is 53.1 Å². The largest absolute Gasteiger partial charge is 0.497 e. The van der Waals surface area contributed by atoms with Crippen LogP contribution >= 0.6 is 0 Å². The lowest BCUT2D eigenvalue weighted by Gasteiger charge is -2.52. The van der Waals surface area contributed by atoms with E-state index in [9.17, 15) is 14.7 Å². The van der Waals surface area contributed by atoms with Crippen molar-refractivity contribution in [3.63, 3.8) is 0 Å². The molecule has 72 heavy (non-hydrogen) atoms. The van der Waals surface area contributed by atoms with Gasteiger partial charge in [-0.1, -0.05) is 133 Å². The zero-order chi connectivity index (χ0) is 49.2. The summed E-state index contributed by atoms with van der Waals surface area (Å²) in [5.74, 6) is 0.0316. The number of nitrogens with zero attached hydrogens (tertiary/aromatic N) is 1. The highest BCUT2D eigenvalue weighted by atomic mass is 16.8. The fraction of sp³-hybridized carbons (Fsp3) is 0.333. The van der Waals surface area contributed by atoms with Crippen molar-refractivity contribution in [2.24, 2.45) is 0 Å². The van der Waals surface area contributed by atoms with E-state index >= 15 is 0 Å². The quantitative estimate of drug-likeness (QED) is 0.0594. The van der Waals surface area contributed by atoms with E-state index in [0.29, 0.717) is 11.5 Å². The maximum Gasteiger partial charge on any atom is 0.262 e. The number of imide groups is 1. The van der Waals surface area contributed by atoms with Crippen molar-refractivity contribution >= 4 is 11.8 Å². The van der Waals surface area contributed by atoms with Gasteiger partial charge in [0.05, 0.1) is 57.9 Å². The monoisotopic (exact) mass is 979 g/mol. The molecule has 4 heterocycles. The lowest BCUT2D eigenvalue weighted by Crippen LogP contribution is -2.70. The summed E-state index contributed by atoms with van der Waals surface area (Å²) in [6, 6.07) is 50.8. The van der Waals surface area contributed by atoms with Gasteiger partial charge >= 0.3 is 0 Å². The van der Waals surface area contributed by atoms with Gasteiger partial charge in [-0.2, -0.15) is 0 Å². The highest BCUT2D eigenvalue weighted by Crippen LogP contribution is 2.41. The molecule has 374 valence electrons. The normalized spacial score (nSPS) is 27.0. The van der Waals surface area contributed by atoms with Crippen molar-refractivity contribution in [1.29, 1.82) is 0 Å². The molecule has 4 aliphatic heterocycles. The number of methoxy groups -OCH3 is 1. The zero-order valence-corrected chi connectivity index (χ0v) is 39.7. The molecule has 0 spiro atoms. The summed E-state index contributed by atoms with van der Waals surface area (Å²) in [5.41, 5.74) is 3.82. The molecule has 0 aromatic heterocycles. The Morgan fingerprint density at radius 2 is 1.12 bits per heavy atom. The molecule has 0 radical (unpaired) electrons. The van der Waals surface area contributed by atoms with E-state index in [4.69, 9.17) is 52.1 Å². The predicted molar refractivity (Wildman–Crippen MR) is 260 cm³/mol. The maximum atomic E-state index is 14.5. The topological polar surface area (TPSA) is 159 Å². The molecular formula is C57H57NO14. The average molecular weight is 980 g/mol. The van der Waals surface area contributed by atoms with Crippen LogP contribution in [0.15, 0.2) is 170 Å². The fourth-order valence-electron chi connectivity index (χ4n) is 9.46. The van der Waals surface area contributed by atoms with E-state index in [0.717, 1.165) is 27.2 Å². The van der Waals surface area contributed by atoms with Crippen LogP contribution < -0.4 is 9.47 Å². The van der Waals surface area contributed by atoms with Gasteiger partial charge in [0.15, 0.2) is 18.9 Å². The number of aliphatic hydroxyl groups excluding tert-OH is 1. The highest BCUT2D eigenvalue weighted by Gasteiger charge is 2.58. The lowest BCUT2D eigenvalue weighted by molar-refractivity contribution is -0.386. The van der Waals surface area contributed by atoms with E-state index in [1.165, 1.54) is 0 Å². The van der Waals surface area contributed by atoms with Crippen molar-refractivity contribution in [2.45, 2.75) is 87.5 Å². The molecule has 3 fully saturated rings. The van der Waals surface area contributed by atoms with Gasteiger partial charge in [-0.3, -0.25) is 14.5 Å². The number of benzene rings is 6. The van der Waals surface area contributed by atoms with E-state index in [2.05, 4.69) is 0 Å². The Labute approximate surface area is 417 Å². The molecule has 15 heteroatoms. The van der Waals surface area contributed by atoms with Gasteiger partial charge in [0, 0.05) is 5.56 Å². The Morgan fingerprint density at radius 3 is 1.74 bits per heavy atom. The molecular weight excluding hydrogens is 923 g/mol. The van der Waals surface area contributed by atoms with E-state index in [-0.39, 0.29) is 57.4 Å². The van der Waals surface area contributed by atoms with Gasteiger partial charge in [-0.15, -0.1) is 0 Å². The first-order chi connectivity index (χ1) is 35.4. The van der Waals surface area contributed by atoms with Crippen LogP contribution in [0.3, 0.4) is 0 Å². The zero-order valence-electron chi connectivity index (χ0n) is 39.7. The van der Waals surface area contributed by atoms with Crippen LogP contribution in [0.25, 0.3) is 0 Å². The van der Waals surface area contributed by atoms with Gasteiger partial charge in [0.25, 0.3) is 11.8 Å². The molecule has 1 N–H and O–H groups in total. The average Bonchev–Trinajstić information content (AvgIpc) is 3.68. The molecule has 11 atom stereocenters. The summed E-state index contributed by atoms with van der Waals surface area (Å²) in [5, 5.41) is 12.7. The Kier molecular flexibility index (Phi) is 16.1. The number of fused-ring (bicyclic) bond motifs is 2. The van der Waals surface area contributed by atoms with Crippen molar-refractivity contribution < 1.29 is 66.8 Å². The second kappa shape index (κ2) is 23.5. The Bertz CT molecular complexity index is 2630. The van der Waals surface area contributed by atoms with Crippen LogP contribution in [-0.2, 0) is 62.5 Å². The number of amides is 2. The van der Waals surface area contributed by atoms with Crippen molar-refractivity contribution in [2.75, 3.05) is 33.5 Å². The van der Waals surface area contributed by atoms with Gasteiger partial charge in [0.2, 0.25) is 0 Å². The molecule has 2 amide bonds. The molecule has 0 saturated carbocycles. The first-order valence-electron chi connectivity index (χ1n) is 24.2. The second-order valence-electron chi connectivity index (χ2n) is 17.8. The molecule has 1 unspecified atom stereocenters. The first kappa shape index (κ1) is 49.2. The minimum absolute atomic E-state index is 0.0122. The van der Waals surface area contributed by atoms with E-state index < -0.39 is 79.5 Å². The van der Waals surface area contributed by atoms with Crippen LogP contribution in [0.4, 0.5) is 0 Å². The molecule has 4 aliphatic rings. The molecule has 15 nitrogen and oxygen atoms in total. The van der Waals surface area contributed by atoms with Crippen molar-refractivity contribution in [3.05, 3.63) is 203 Å². The summed E-state index contributed by atoms with van der Waals surface area (Å²) < 4.78 is 71.8. The van der Waals surface area contributed by atoms with E-state index in [1.54, 1.807) is 55.6 Å². The predicted octanol–water partition coefficient (Wildman–Crippen LogP) is 7.45. The number of carbonyl (C=O) groups is 2. The van der Waals surface area contributed by atoms with Crippen molar-refractivity contribution in [1.82, 2.24) is 4.90 Å². The summed E-state index contributed by atoms with van der Waals surface area (Å²) >= 11 is 0. The number of ether oxygens (including phenoxy) is 11. The second-order valence-corrected chi connectivity index (χ2v) is 17.8. The van der Waals surface area contributed by atoms with Gasteiger partial charge < -0.3 is 57.2 Å². The highest BCUT2D eigenvalue weighted by molar-refractivity contribution is 6.21. The summed E-state index contributed by atoms with van der Waals surface area (Å²) in [6.07, 6.45) is -11.0. The van der Waals surface area contributed by atoms with Crippen LogP contribution in [-0.4, -0.2) is 117 Å². The number of aliphatic hydroxyl groups is 1. The number of hydrogen-bond donors (Lipinski definition) is 1. The Morgan fingerprint density at radius 1 is 0.569 bits per heavy atom. The van der Waals surface area contributed by atoms with Crippen LogP contribution in [0.1, 0.15) is 49.3 Å². The molecule has 0 aliphatic carbocycles. The molecule has 0 bridgehead atoms. The fourth-order valence-corrected chi connectivity index (χ4v) is 9.46. The van der Waals surface area contributed by atoms with Crippen LogP contribution in [0, 0.1) is 0 Å². The minimum Gasteiger partial charge on any atom is -0.497 e. The van der Waals surface area contributed by atoms with Gasteiger partial charge in [0.1, 0.15) is 66.9 Å². The molecule has 3 saturated heterocycles. The lowest BCUT2D eigenvalue weighted by atomic mass is 9.93. The Balaban J connectivity index is 1.01. The third-order valence-corrected chi connectivity index (χ3v) is 13.1. The smallest absolute Gasteiger partial charge is 0.262 e.